The van der Waals surface area contributed by atoms with Gasteiger partial charge >= 0.3 is 23.9 Å². The predicted octanol–water partition coefficient (Wildman–Crippen LogP) is 3.14. The van der Waals surface area contributed by atoms with E-state index in [9.17, 15) is 39.5 Å². The van der Waals surface area contributed by atoms with Crippen LogP contribution in [0.3, 0.4) is 0 Å². The highest BCUT2D eigenvalue weighted by molar-refractivity contribution is 5.03. The first-order valence-electron chi connectivity index (χ1n) is 5.35. The van der Waals surface area contributed by atoms with Crippen molar-refractivity contribution >= 4 is 0 Å². The second kappa shape index (κ2) is 6.42. The number of hydrogen-bond acceptors (Lipinski definition) is 2. The summed E-state index contributed by atoms with van der Waals surface area (Å²) in [4.78, 5) is 0. The van der Waals surface area contributed by atoms with Crippen molar-refractivity contribution in [3.63, 3.8) is 0 Å². The Bertz CT molecular complexity index is 362. The van der Waals surface area contributed by atoms with Crippen LogP contribution in [-0.4, -0.2) is 46.9 Å². The summed E-state index contributed by atoms with van der Waals surface area (Å²) in [7, 11) is 0. The van der Waals surface area contributed by atoms with Gasteiger partial charge in [-0.2, -0.15) is 39.5 Å². The van der Waals surface area contributed by atoms with Crippen LogP contribution in [0.15, 0.2) is 12.2 Å². The van der Waals surface area contributed by atoms with Crippen LogP contribution in [0, 0.1) is 0 Å². The first kappa shape index (κ1) is 20.0. The minimum absolute atomic E-state index is 0.221. The number of aliphatic hydroxyl groups excluding tert-OH is 2. The maximum absolute atomic E-state index is 12.9. The molecule has 11 heteroatoms. The fourth-order valence-electron chi connectivity index (χ4n) is 1.10. The van der Waals surface area contributed by atoms with Crippen LogP contribution in [0.1, 0.15) is 12.8 Å². The van der Waals surface area contributed by atoms with Crippen molar-refractivity contribution in [2.45, 2.75) is 42.9 Å². The number of allylic oxidation sites excluding steroid dienone is 1. The average molecular weight is 334 g/mol. The van der Waals surface area contributed by atoms with Crippen LogP contribution in [0.25, 0.3) is 0 Å². The summed E-state index contributed by atoms with van der Waals surface area (Å²) >= 11 is 0. The highest BCUT2D eigenvalue weighted by Crippen LogP contribution is 2.54. The molecule has 0 radical (unpaired) electrons. The zero-order chi connectivity index (χ0) is 17.1. The number of alkyl halides is 9. The zero-order valence-corrected chi connectivity index (χ0v) is 10.1. The number of halogens is 9. The van der Waals surface area contributed by atoms with Gasteiger partial charge in [0.05, 0.1) is 12.7 Å². The normalized spacial score (nSPS) is 16.5. The van der Waals surface area contributed by atoms with E-state index < -0.39 is 49.5 Å². The van der Waals surface area contributed by atoms with E-state index in [1.54, 1.807) is 0 Å². The fraction of sp³-hybridized carbons (Fsp3) is 0.800. The third-order valence-corrected chi connectivity index (χ3v) is 2.37. The minimum atomic E-state index is -6.90. The van der Waals surface area contributed by atoms with Crippen molar-refractivity contribution in [3.8, 4) is 0 Å². The summed E-state index contributed by atoms with van der Waals surface area (Å²) in [6.45, 7) is -0.775. The monoisotopic (exact) mass is 334 g/mol. The lowest BCUT2D eigenvalue weighted by Crippen LogP contribution is -2.60. The highest BCUT2D eigenvalue weighted by atomic mass is 19.4. The molecule has 2 N–H and O–H groups in total. The van der Waals surface area contributed by atoms with Crippen molar-refractivity contribution < 1.29 is 49.7 Å². The van der Waals surface area contributed by atoms with E-state index in [2.05, 4.69) is 0 Å². The molecule has 1 unspecified atom stereocenters. The Morgan fingerprint density at radius 1 is 0.810 bits per heavy atom. The molecule has 2 nitrogen and oxygen atoms in total. The van der Waals surface area contributed by atoms with Crippen LogP contribution >= 0.6 is 0 Å². The lowest BCUT2D eigenvalue weighted by atomic mass is 10.0. The second-order valence-electron chi connectivity index (χ2n) is 4.10. The predicted molar refractivity (Wildman–Crippen MR) is 52.4 cm³/mol. The van der Waals surface area contributed by atoms with E-state index in [1.807, 2.05) is 0 Å². The molecule has 0 aliphatic rings. The Kier molecular flexibility index (Phi) is 6.13. The summed E-state index contributed by atoms with van der Waals surface area (Å²) in [5, 5.41) is 17.1. The van der Waals surface area contributed by atoms with Gasteiger partial charge in [0.2, 0.25) is 0 Å². The average Bonchev–Trinajstić information content (AvgIpc) is 2.32. The summed E-state index contributed by atoms with van der Waals surface area (Å²) in [5.41, 5.74) is 0. The molecule has 0 bridgehead atoms. The van der Waals surface area contributed by atoms with Crippen molar-refractivity contribution in [2.75, 3.05) is 6.61 Å². The van der Waals surface area contributed by atoms with Gasteiger partial charge in [-0.25, -0.2) is 0 Å². The van der Waals surface area contributed by atoms with Gasteiger partial charge in [0.15, 0.2) is 0 Å². The summed E-state index contributed by atoms with van der Waals surface area (Å²) in [5.74, 6) is -19.2. The van der Waals surface area contributed by atoms with Crippen LogP contribution in [-0.2, 0) is 0 Å². The number of hydrogen-bond donors (Lipinski definition) is 2. The van der Waals surface area contributed by atoms with E-state index in [4.69, 9.17) is 10.2 Å². The van der Waals surface area contributed by atoms with Crippen LogP contribution in [0.5, 0.6) is 0 Å². The van der Waals surface area contributed by atoms with Crippen molar-refractivity contribution in [1.82, 2.24) is 0 Å². The van der Waals surface area contributed by atoms with Gasteiger partial charge in [-0.05, 0) is 6.42 Å². The van der Waals surface area contributed by atoms with Gasteiger partial charge in [0.1, 0.15) is 0 Å². The molecule has 0 saturated heterocycles. The molecule has 0 rings (SSSR count). The third-order valence-electron chi connectivity index (χ3n) is 2.37. The Hall–Kier alpha value is -0.970. The smallest absolute Gasteiger partial charge is 0.394 e. The summed E-state index contributed by atoms with van der Waals surface area (Å²) < 4.78 is 112. The molecule has 0 aliphatic carbocycles. The van der Waals surface area contributed by atoms with Crippen LogP contribution < -0.4 is 0 Å². The molecule has 0 saturated carbocycles. The maximum Gasteiger partial charge on any atom is 0.460 e. The van der Waals surface area contributed by atoms with Crippen LogP contribution in [0.2, 0.25) is 0 Å². The quantitative estimate of drug-likeness (QED) is 0.555. The molecule has 126 valence electrons. The largest absolute Gasteiger partial charge is 0.460 e. The fourth-order valence-corrected chi connectivity index (χ4v) is 1.10. The summed E-state index contributed by atoms with van der Waals surface area (Å²) in [6.07, 6.45) is -9.92. The molecule has 0 heterocycles. The molecule has 1 atom stereocenters. The topological polar surface area (TPSA) is 40.5 Å². The Morgan fingerprint density at radius 2 is 1.29 bits per heavy atom. The maximum atomic E-state index is 12.9. The van der Waals surface area contributed by atoms with E-state index in [0.29, 0.717) is 6.08 Å². The molecule has 0 aliphatic heterocycles. The molecule has 0 aromatic heterocycles. The van der Waals surface area contributed by atoms with Gasteiger partial charge in [0, 0.05) is 6.42 Å². The van der Waals surface area contributed by atoms with E-state index in [-0.39, 0.29) is 6.08 Å². The standard InChI is InChI=1S/C10H11F9O2/c11-7(12,4-2-1-3-6(21)5-20)8(13,14)9(15,16)10(17,18)19/h1-2,6,20-21H,3-5H2/b2-1+. The van der Waals surface area contributed by atoms with Crippen molar-refractivity contribution in [2.24, 2.45) is 0 Å². The molecule has 0 spiro atoms. The zero-order valence-electron chi connectivity index (χ0n) is 10.1. The minimum Gasteiger partial charge on any atom is -0.394 e. The van der Waals surface area contributed by atoms with Crippen LogP contribution in [0.4, 0.5) is 39.5 Å². The van der Waals surface area contributed by atoms with Gasteiger partial charge in [-0.3, -0.25) is 0 Å². The molecular formula is C10H11F9O2. The summed E-state index contributed by atoms with van der Waals surface area (Å²) in [6, 6.07) is 0. The third kappa shape index (κ3) is 4.25. The number of aliphatic hydroxyl groups is 2. The van der Waals surface area contributed by atoms with Gasteiger partial charge in [-0.1, -0.05) is 12.2 Å². The molecule has 0 aromatic carbocycles. The Labute approximate surface area is 112 Å². The highest BCUT2D eigenvalue weighted by Gasteiger charge is 2.81. The Morgan fingerprint density at radius 3 is 1.67 bits per heavy atom. The van der Waals surface area contributed by atoms with Crippen molar-refractivity contribution in [1.29, 1.82) is 0 Å². The first-order chi connectivity index (χ1) is 9.20. The van der Waals surface area contributed by atoms with E-state index in [1.165, 1.54) is 0 Å². The SMILES string of the molecule is OCC(O)C/C=C/CC(F)(F)C(F)(F)C(F)(F)C(F)(F)F. The molecular weight excluding hydrogens is 323 g/mol. The molecule has 21 heavy (non-hydrogen) atoms. The molecule has 0 fully saturated rings. The molecule has 0 amide bonds. The van der Waals surface area contributed by atoms with Gasteiger partial charge in [-0.15, -0.1) is 0 Å². The molecule has 0 aromatic rings. The number of rotatable bonds is 7. The van der Waals surface area contributed by atoms with E-state index in [0.717, 1.165) is 0 Å². The Balaban J connectivity index is 5.05. The lowest BCUT2D eigenvalue weighted by molar-refractivity contribution is -0.395. The lowest BCUT2D eigenvalue weighted by Gasteiger charge is -2.33. The van der Waals surface area contributed by atoms with E-state index >= 15 is 0 Å². The first-order valence-corrected chi connectivity index (χ1v) is 5.35. The van der Waals surface area contributed by atoms with Crippen molar-refractivity contribution in [3.05, 3.63) is 12.2 Å². The second-order valence-corrected chi connectivity index (χ2v) is 4.10. The van der Waals surface area contributed by atoms with Gasteiger partial charge < -0.3 is 10.2 Å². The van der Waals surface area contributed by atoms with Gasteiger partial charge in [0.25, 0.3) is 0 Å².